The van der Waals surface area contributed by atoms with Crippen molar-refractivity contribution in [2.45, 2.75) is 44.5 Å². The van der Waals surface area contributed by atoms with Crippen LogP contribution in [0.5, 0.6) is 0 Å². The van der Waals surface area contributed by atoms with Crippen LogP contribution in [0.3, 0.4) is 0 Å². The molecule has 2 rings (SSSR count). The number of methoxy groups -OCH3 is 1. The zero-order valence-corrected chi connectivity index (χ0v) is 15.9. The molecule has 148 valence electrons. The lowest BCUT2D eigenvalue weighted by Gasteiger charge is -2.25. The number of H-pyrrole nitrogens is 1. The van der Waals surface area contributed by atoms with E-state index in [1.54, 1.807) is 0 Å². The Morgan fingerprint density at radius 3 is 2.54 bits per heavy atom. The van der Waals surface area contributed by atoms with Crippen molar-refractivity contribution in [2.75, 3.05) is 25.9 Å². The van der Waals surface area contributed by atoms with Gasteiger partial charge in [0.1, 0.15) is 24.3 Å². The lowest BCUT2D eigenvalue weighted by molar-refractivity contribution is -0.0895. The number of nitrogens with one attached hydrogen (secondary N) is 1. The lowest BCUT2D eigenvalue weighted by Crippen LogP contribution is -2.41. The van der Waals surface area contributed by atoms with Crippen LogP contribution in [0.25, 0.3) is 0 Å². The van der Waals surface area contributed by atoms with Gasteiger partial charge < -0.3 is 18.9 Å². The molecule has 0 unspecified atom stereocenters. The molecule has 0 amide bonds. The molecule has 0 aliphatic carbocycles. The van der Waals surface area contributed by atoms with E-state index in [0.29, 0.717) is 0 Å². The molecular weight excluding hydrogens is 368 g/mol. The molecule has 4 atom stereocenters. The van der Waals surface area contributed by atoms with E-state index >= 15 is 0 Å². The maximum atomic E-state index is 12.1. The number of hydrogen-bond acceptors (Lipinski definition) is 8. The summed E-state index contributed by atoms with van der Waals surface area (Å²) in [6.07, 6.45) is -0.566. The van der Waals surface area contributed by atoms with Gasteiger partial charge in [-0.2, -0.15) is 0 Å². The molecule has 1 aliphatic rings. The quantitative estimate of drug-likeness (QED) is 0.613. The third-order valence-corrected chi connectivity index (χ3v) is 4.29. The molecule has 1 aliphatic heterocycles. The van der Waals surface area contributed by atoms with Crippen molar-refractivity contribution < 1.29 is 27.4 Å². The molecule has 0 saturated carbocycles. The molecule has 0 spiro atoms. The summed E-state index contributed by atoms with van der Waals surface area (Å²) in [6.45, 7) is 3.61. The molecule has 0 aromatic carbocycles. The summed E-state index contributed by atoms with van der Waals surface area (Å²) in [5.41, 5.74) is -1.17. The highest BCUT2D eigenvalue weighted by molar-refractivity contribution is 7.90. The Morgan fingerprint density at radius 2 is 2.00 bits per heavy atom. The first-order chi connectivity index (χ1) is 12.1. The van der Waals surface area contributed by atoms with Crippen LogP contribution in [-0.2, 0) is 28.8 Å². The summed E-state index contributed by atoms with van der Waals surface area (Å²) in [7, 11) is -1.84. The average Bonchev–Trinajstić information content (AvgIpc) is 2.83. The zero-order chi connectivity index (χ0) is 19.5. The van der Waals surface area contributed by atoms with Crippen LogP contribution in [0.2, 0.25) is 0 Å². The molecule has 1 aromatic heterocycles. The molecule has 26 heavy (non-hydrogen) atoms. The third kappa shape index (κ3) is 5.24. The van der Waals surface area contributed by atoms with E-state index < -0.39 is 51.6 Å². The second-order valence-electron chi connectivity index (χ2n) is 6.35. The van der Waals surface area contributed by atoms with Gasteiger partial charge in [-0.15, -0.1) is 0 Å². The number of aromatic amines is 1. The molecule has 1 aromatic rings. The van der Waals surface area contributed by atoms with Crippen LogP contribution in [0, 0.1) is 0 Å². The summed E-state index contributed by atoms with van der Waals surface area (Å²) in [5.74, 6) is -0.456. The summed E-state index contributed by atoms with van der Waals surface area (Å²) in [5, 5.41) is 0. The minimum atomic E-state index is -3.30. The van der Waals surface area contributed by atoms with Gasteiger partial charge in [0.05, 0.1) is 12.7 Å². The van der Waals surface area contributed by atoms with Crippen molar-refractivity contribution in [3.63, 3.8) is 0 Å². The maximum absolute atomic E-state index is 12.1. The first kappa shape index (κ1) is 20.8. The molecule has 0 radical (unpaired) electrons. The molecule has 1 saturated heterocycles. The third-order valence-electron chi connectivity index (χ3n) is 3.69. The number of aromatic nitrogens is 2. The van der Waals surface area contributed by atoms with Crippen LogP contribution < -0.4 is 11.2 Å². The SMILES string of the molecule is CO[C@@H]1[C@H](OC(C)C)[C@@H](COCS(C)(=O)=O)O[C@H]1n1ccc(=O)[nH]c1=O. The van der Waals surface area contributed by atoms with Crippen molar-refractivity contribution in [2.24, 2.45) is 0 Å². The molecule has 0 bridgehead atoms. The second kappa shape index (κ2) is 8.44. The van der Waals surface area contributed by atoms with E-state index in [-0.39, 0.29) is 12.7 Å². The van der Waals surface area contributed by atoms with Gasteiger partial charge in [-0.3, -0.25) is 14.3 Å². The fraction of sp³-hybridized carbons (Fsp3) is 0.733. The van der Waals surface area contributed by atoms with E-state index in [9.17, 15) is 18.0 Å². The lowest BCUT2D eigenvalue weighted by atomic mass is 10.1. The van der Waals surface area contributed by atoms with Gasteiger partial charge in [-0.1, -0.05) is 0 Å². The minimum Gasteiger partial charge on any atom is -0.374 e. The summed E-state index contributed by atoms with van der Waals surface area (Å²) >= 11 is 0. The van der Waals surface area contributed by atoms with Crippen LogP contribution in [0.4, 0.5) is 0 Å². The Bertz CT molecular complexity index is 815. The maximum Gasteiger partial charge on any atom is 0.330 e. The van der Waals surface area contributed by atoms with E-state index in [0.717, 1.165) is 6.26 Å². The first-order valence-electron chi connectivity index (χ1n) is 8.03. The Labute approximate surface area is 150 Å². The molecule has 10 nitrogen and oxygen atoms in total. The minimum absolute atomic E-state index is 0.0566. The largest absolute Gasteiger partial charge is 0.374 e. The number of hydrogen-bond donors (Lipinski definition) is 1. The van der Waals surface area contributed by atoms with E-state index in [1.807, 2.05) is 13.8 Å². The fourth-order valence-corrected chi connectivity index (χ4v) is 3.14. The Hall–Kier alpha value is -1.53. The topological polar surface area (TPSA) is 126 Å². The predicted octanol–water partition coefficient (Wildman–Crippen LogP) is -0.739. The monoisotopic (exact) mass is 392 g/mol. The highest BCUT2D eigenvalue weighted by Crippen LogP contribution is 2.33. The highest BCUT2D eigenvalue weighted by atomic mass is 32.2. The van der Waals surface area contributed by atoms with Gasteiger partial charge in [0, 0.05) is 25.6 Å². The zero-order valence-electron chi connectivity index (χ0n) is 15.1. The molecule has 1 fully saturated rings. The van der Waals surface area contributed by atoms with Gasteiger partial charge in [-0.25, -0.2) is 13.2 Å². The van der Waals surface area contributed by atoms with E-state index in [2.05, 4.69) is 4.98 Å². The number of nitrogens with zero attached hydrogens (tertiary/aromatic N) is 1. The van der Waals surface area contributed by atoms with Gasteiger partial charge in [-0.05, 0) is 13.8 Å². The van der Waals surface area contributed by atoms with Crippen LogP contribution >= 0.6 is 0 Å². The normalized spacial score (nSPS) is 26.5. The smallest absolute Gasteiger partial charge is 0.330 e. The fourth-order valence-electron chi connectivity index (χ4n) is 2.74. The number of sulfone groups is 1. The predicted molar refractivity (Wildman–Crippen MR) is 91.7 cm³/mol. The van der Waals surface area contributed by atoms with Crippen molar-refractivity contribution in [1.82, 2.24) is 9.55 Å². The Morgan fingerprint density at radius 1 is 1.31 bits per heavy atom. The Balaban J connectivity index is 2.26. The van der Waals surface area contributed by atoms with Crippen LogP contribution in [0.15, 0.2) is 21.9 Å². The summed E-state index contributed by atoms with van der Waals surface area (Å²) in [4.78, 5) is 25.5. The van der Waals surface area contributed by atoms with Crippen LogP contribution in [0.1, 0.15) is 20.1 Å². The first-order valence-corrected chi connectivity index (χ1v) is 10.1. The standard InChI is InChI=1S/C15H24N2O8S/c1-9(2)24-12-10(7-23-8-26(4,20)21)25-14(13(12)22-3)17-6-5-11(18)16-15(17)19/h5-6,9-10,12-14H,7-8H2,1-4H3,(H,16,18,19)/t10-,12-,13-,14-/m1/s1. The molecule has 1 N–H and O–H groups in total. The van der Waals surface area contributed by atoms with E-state index in [4.69, 9.17) is 18.9 Å². The summed E-state index contributed by atoms with van der Waals surface area (Å²) in [6, 6.07) is 1.20. The molecular formula is C15H24N2O8S. The van der Waals surface area contributed by atoms with Crippen molar-refractivity contribution in [1.29, 1.82) is 0 Å². The second-order valence-corrected chi connectivity index (χ2v) is 8.43. The van der Waals surface area contributed by atoms with Gasteiger partial charge in [0.15, 0.2) is 16.1 Å². The van der Waals surface area contributed by atoms with Gasteiger partial charge >= 0.3 is 5.69 Å². The van der Waals surface area contributed by atoms with Crippen molar-refractivity contribution in [3.05, 3.63) is 33.1 Å². The number of ether oxygens (including phenoxy) is 4. The number of rotatable bonds is 8. The van der Waals surface area contributed by atoms with Crippen molar-refractivity contribution >= 4 is 9.84 Å². The molecule has 11 heteroatoms. The Kier molecular flexibility index (Phi) is 6.74. The van der Waals surface area contributed by atoms with Gasteiger partial charge in [0.2, 0.25) is 0 Å². The molecule has 2 heterocycles. The van der Waals surface area contributed by atoms with Crippen molar-refractivity contribution in [3.8, 4) is 0 Å². The average molecular weight is 392 g/mol. The summed E-state index contributed by atoms with van der Waals surface area (Å²) < 4.78 is 46.1. The highest BCUT2D eigenvalue weighted by Gasteiger charge is 2.47. The van der Waals surface area contributed by atoms with E-state index in [1.165, 1.54) is 23.9 Å². The van der Waals surface area contributed by atoms with Gasteiger partial charge in [0.25, 0.3) is 5.56 Å². The van der Waals surface area contributed by atoms with Crippen LogP contribution in [-0.4, -0.2) is 68.3 Å².